The molecule has 1 aromatic heterocycles. The number of hydrogen-bond acceptors (Lipinski definition) is 4. The van der Waals surface area contributed by atoms with Gasteiger partial charge in [0.1, 0.15) is 5.82 Å². The molecule has 0 amide bonds. The maximum Gasteiger partial charge on any atom is 0.126 e. The Labute approximate surface area is 113 Å². The highest BCUT2D eigenvalue weighted by molar-refractivity contribution is 6.31. The van der Waals surface area contributed by atoms with Crippen LogP contribution in [-0.2, 0) is 6.54 Å². The molecule has 18 heavy (non-hydrogen) atoms. The van der Waals surface area contributed by atoms with Gasteiger partial charge in [0.2, 0.25) is 0 Å². The summed E-state index contributed by atoms with van der Waals surface area (Å²) in [6.07, 6.45) is 1.75. The molecule has 5 heteroatoms. The second kappa shape index (κ2) is 5.87. The fourth-order valence-electron chi connectivity index (χ4n) is 2.35. The molecule has 0 aromatic carbocycles. The zero-order valence-corrected chi connectivity index (χ0v) is 11.6. The molecule has 1 aliphatic carbocycles. The van der Waals surface area contributed by atoms with Crippen molar-refractivity contribution < 1.29 is 5.11 Å². The summed E-state index contributed by atoms with van der Waals surface area (Å²) < 4.78 is 0. The lowest BCUT2D eigenvalue weighted by Gasteiger charge is -2.34. The van der Waals surface area contributed by atoms with Gasteiger partial charge in [-0.3, -0.25) is 0 Å². The molecule has 2 N–H and O–H groups in total. The van der Waals surface area contributed by atoms with Crippen molar-refractivity contribution in [3.63, 3.8) is 0 Å². The van der Waals surface area contributed by atoms with E-state index in [-0.39, 0.29) is 6.10 Å². The molecule has 0 bridgehead atoms. The lowest BCUT2D eigenvalue weighted by Crippen LogP contribution is -2.37. The van der Waals surface area contributed by atoms with E-state index in [2.05, 4.69) is 22.2 Å². The van der Waals surface area contributed by atoms with Crippen molar-refractivity contribution in [2.45, 2.75) is 25.5 Å². The van der Waals surface area contributed by atoms with Crippen molar-refractivity contribution in [2.24, 2.45) is 5.92 Å². The van der Waals surface area contributed by atoms with Gasteiger partial charge in [-0.15, -0.1) is 0 Å². The van der Waals surface area contributed by atoms with Crippen LogP contribution in [-0.4, -0.2) is 41.7 Å². The Morgan fingerprint density at radius 2 is 2.22 bits per heavy atom. The number of nitrogens with one attached hydrogen (secondary N) is 1. The second-order valence-electron chi connectivity index (χ2n) is 5.06. The molecule has 0 aliphatic heterocycles. The summed E-state index contributed by atoms with van der Waals surface area (Å²) >= 11 is 6.15. The summed E-state index contributed by atoms with van der Waals surface area (Å²) in [5.74, 6) is 1.44. The summed E-state index contributed by atoms with van der Waals surface area (Å²) in [5, 5.41) is 13.0. The van der Waals surface area contributed by atoms with Crippen LogP contribution in [0.1, 0.15) is 18.5 Å². The summed E-state index contributed by atoms with van der Waals surface area (Å²) in [4.78, 5) is 6.68. The van der Waals surface area contributed by atoms with Gasteiger partial charge >= 0.3 is 0 Å². The Balaban J connectivity index is 1.91. The predicted molar refractivity (Wildman–Crippen MR) is 73.9 cm³/mol. The lowest BCUT2D eigenvalue weighted by atomic mass is 9.82. The van der Waals surface area contributed by atoms with Gasteiger partial charge in [-0.2, -0.15) is 0 Å². The normalized spacial score (nSPS) is 22.9. The minimum Gasteiger partial charge on any atom is -0.393 e. The van der Waals surface area contributed by atoms with Crippen LogP contribution in [0.3, 0.4) is 0 Å². The lowest BCUT2D eigenvalue weighted by molar-refractivity contribution is 0.0272. The van der Waals surface area contributed by atoms with Crippen molar-refractivity contribution in [3.8, 4) is 0 Å². The van der Waals surface area contributed by atoms with E-state index in [1.807, 2.05) is 19.2 Å². The Morgan fingerprint density at radius 1 is 1.50 bits per heavy atom. The van der Waals surface area contributed by atoms with Crippen molar-refractivity contribution in [1.82, 2.24) is 9.88 Å². The molecule has 2 rings (SSSR count). The first kappa shape index (κ1) is 13.6. The number of hydrogen-bond donors (Lipinski definition) is 2. The minimum absolute atomic E-state index is 0.0854. The van der Waals surface area contributed by atoms with Crippen LogP contribution in [0.25, 0.3) is 0 Å². The van der Waals surface area contributed by atoms with E-state index >= 15 is 0 Å². The first-order chi connectivity index (χ1) is 8.58. The third-order valence-corrected chi connectivity index (χ3v) is 3.72. The topological polar surface area (TPSA) is 48.4 Å². The highest BCUT2D eigenvalue weighted by Crippen LogP contribution is 2.28. The monoisotopic (exact) mass is 269 g/mol. The molecule has 1 saturated carbocycles. The molecular weight excluding hydrogens is 250 g/mol. The first-order valence-corrected chi connectivity index (χ1v) is 6.66. The smallest absolute Gasteiger partial charge is 0.126 e. The number of aliphatic hydroxyl groups is 1. The average molecular weight is 270 g/mol. The first-order valence-electron chi connectivity index (χ1n) is 6.28. The van der Waals surface area contributed by atoms with Gasteiger partial charge in [0.05, 0.1) is 16.8 Å². The Bertz CT molecular complexity index is 407. The zero-order chi connectivity index (χ0) is 13.1. The van der Waals surface area contributed by atoms with Gasteiger partial charge in [-0.05, 0) is 37.9 Å². The van der Waals surface area contributed by atoms with Gasteiger partial charge in [0, 0.05) is 20.1 Å². The Hall–Kier alpha value is -0.840. The average Bonchev–Trinajstić information content (AvgIpc) is 2.30. The number of halogens is 1. The van der Waals surface area contributed by atoms with Gasteiger partial charge in [0.15, 0.2) is 0 Å². The Morgan fingerprint density at radius 3 is 2.83 bits per heavy atom. The van der Waals surface area contributed by atoms with Crippen molar-refractivity contribution in [2.75, 3.05) is 26.0 Å². The van der Waals surface area contributed by atoms with Gasteiger partial charge in [-0.25, -0.2) is 4.98 Å². The number of anilines is 1. The van der Waals surface area contributed by atoms with E-state index in [9.17, 15) is 5.11 Å². The Kier molecular flexibility index (Phi) is 4.43. The van der Waals surface area contributed by atoms with Gasteiger partial charge < -0.3 is 15.3 Å². The van der Waals surface area contributed by atoms with Crippen molar-refractivity contribution in [1.29, 1.82) is 0 Å². The summed E-state index contributed by atoms with van der Waals surface area (Å²) in [7, 11) is 3.91. The summed E-state index contributed by atoms with van der Waals surface area (Å²) in [6.45, 7) is 1.72. The molecule has 1 aliphatic rings. The van der Waals surface area contributed by atoms with Gasteiger partial charge in [0.25, 0.3) is 0 Å². The van der Waals surface area contributed by atoms with E-state index < -0.39 is 0 Å². The van der Waals surface area contributed by atoms with E-state index in [0.29, 0.717) is 10.9 Å². The fraction of sp³-hybridized carbons (Fsp3) is 0.615. The van der Waals surface area contributed by atoms with Crippen LogP contribution in [0.4, 0.5) is 5.82 Å². The van der Waals surface area contributed by atoms with E-state index in [1.54, 1.807) is 0 Å². The number of rotatable bonds is 5. The molecule has 0 unspecified atom stereocenters. The molecule has 1 heterocycles. The molecular formula is C13H20ClN3O. The highest BCUT2D eigenvalue weighted by Gasteiger charge is 2.28. The number of aliphatic hydroxyl groups excluding tert-OH is 1. The number of pyridine rings is 1. The summed E-state index contributed by atoms with van der Waals surface area (Å²) in [6, 6.07) is 3.74. The molecule has 0 spiro atoms. The molecule has 4 nitrogen and oxygen atoms in total. The molecule has 0 radical (unpaired) electrons. The van der Waals surface area contributed by atoms with Crippen LogP contribution in [0.2, 0.25) is 5.02 Å². The quantitative estimate of drug-likeness (QED) is 0.858. The van der Waals surface area contributed by atoms with E-state index in [1.165, 1.54) is 0 Å². The molecule has 100 valence electrons. The number of aromatic nitrogens is 1. The van der Waals surface area contributed by atoms with Crippen LogP contribution < -0.4 is 5.32 Å². The minimum atomic E-state index is -0.0854. The van der Waals surface area contributed by atoms with Crippen LogP contribution >= 0.6 is 11.6 Å². The van der Waals surface area contributed by atoms with Gasteiger partial charge in [-0.1, -0.05) is 11.6 Å². The molecule has 0 atom stereocenters. The molecule has 0 saturated heterocycles. The van der Waals surface area contributed by atoms with E-state index in [0.717, 1.165) is 37.4 Å². The molecule has 1 aromatic rings. The third-order valence-electron chi connectivity index (χ3n) is 3.38. The van der Waals surface area contributed by atoms with Crippen LogP contribution in [0, 0.1) is 5.92 Å². The molecule has 1 fully saturated rings. The number of nitrogens with zero attached hydrogens (tertiary/aromatic N) is 2. The fourth-order valence-corrected chi connectivity index (χ4v) is 2.51. The zero-order valence-electron chi connectivity index (χ0n) is 10.9. The maximum absolute atomic E-state index is 9.27. The van der Waals surface area contributed by atoms with Crippen LogP contribution in [0.5, 0.6) is 0 Å². The van der Waals surface area contributed by atoms with Crippen LogP contribution in [0.15, 0.2) is 12.1 Å². The maximum atomic E-state index is 9.27. The predicted octanol–water partition coefficient (Wildman–Crippen LogP) is 1.98. The SMILES string of the molecule is CNc1ccc(Cl)c(CN(C)CC2CC(O)C2)n1. The largest absolute Gasteiger partial charge is 0.393 e. The van der Waals surface area contributed by atoms with Crippen molar-refractivity contribution >= 4 is 17.4 Å². The standard InChI is InChI=1S/C13H20ClN3O/c1-15-13-4-3-11(14)12(16-13)8-17(2)7-9-5-10(18)6-9/h3-4,9-10,18H,5-8H2,1-2H3,(H,15,16). The second-order valence-corrected chi connectivity index (χ2v) is 5.47. The summed E-state index contributed by atoms with van der Waals surface area (Å²) in [5.41, 5.74) is 0.894. The van der Waals surface area contributed by atoms with Crippen molar-refractivity contribution in [3.05, 3.63) is 22.8 Å². The highest BCUT2D eigenvalue weighted by atomic mass is 35.5. The van der Waals surface area contributed by atoms with E-state index in [4.69, 9.17) is 11.6 Å². The third kappa shape index (κ3) is 3.34.